The fourth-order valence-corrected chi connectivity index (χ4v) is 1.83. The van der Waals surface area contributed by atoms with Gasteiger partial charge in [0.2, 0.25) is 0 Å². The molecule has 1 aromatic heterocycles. The monoisotopic (exact) mass is 297 g/mol. The molecule has 1 aromatic carbocycles. The van der Waals surface area contributed by atoms with Crippen LogP contribution in [0.3, 0.4) is 0 Å². The van der Waals surface area contributed by atoms with E-state index in [1.165, 1.54) is 18.3 Å². The van der Waals surface area contributed by atoms with E-state index in [2.05, 4.69) is 10.2 Å². The first-order chi connectivity index (χ1) is 9.58. The van der Waals surface area contributed by atoms with Crippen molar-refractivity contribution in [2.75, 3.05) is 25.1 Å². The van der Waals surface area contributed by atoms with E-state index in [9.17, 15) is 9.18 Å². The number of nitrogens with zero attached hydrogens (tertiary/aromatic N) is 2. The highest BCUT2D eigenvalue weighted by Crippen LogP contribution is 2.18. The van der Waals surface area contributed by atoms with Gasteiger partial charge in [0.1, 0.15) is 23.2 Å². The summed E-state index contributed by atoms with van der Waals surface area (Å²) >= 11 is 5.89. The molecule has 2 aromatic rings. The number of aromatic nitrogens is 2. The van der Waals surface area contributed by atoms with Gasteiger partial charge in [-0.3, -0.25) is 4.79 Å². The SMILES string of the molecule is CN(CCOc1ccc(F)cc1)c1cn[nH]c(=O)c1Cl. The number of halogens is 2. The standard InChI is InChI=1S/C13H13ClFN3O2/c1-18(11-8-16-17-13(19)12(11)14)6-7-20-10-4-2-9(15)3-5-10/h2-5,8H,6-7H2,1H3,(H,17,19). The number of ether oxygens (including phenoxy) is 1. The fraction of sp³-hybridized carbons (Fsp3) is 0.231. The molecule has 0 bridgehead atoms. The van der Waals surface area contributed by atoms with Crippen LogP contribution in [0.4, 0.5) is 10.1 Å². The average molecular weight is 298 g/mol. The molecule has 0 fully saturated rings. The zero-order valence-corrected chi connectivity index (χ0v) is 11.5. The van der Waals surface area contributed by atoms with Crippen molar-refractivity contribution in [3.05, 3.63) is 51.7 Å². The molecule has 0 aliphatic carbocycles. The number of nitrogens with one attached hydrogen (secondary N) is 1. The maximum absolute atomic E-state index is 12.7. The first-order valence-corrected chi connectivity index (χ1v) is 6.28. The van der Waals surface area contributed by atoms with Crippen LogP contribution in [-0.4, -0.2) is 30.4 Å². The topological polar surface area (TPSA) is 58.2 Å². The highest BCUT2D eigenvalue weighted by Gasteiger charge is 2.09. The molecule has 0 amide bonds. The van der Waals surface area contributed by atoms with Crippen LogP contribution in [0.2, 0.25) is 5.02 Å². The molecular formula is C13H13ClFN3O2. The quantitative estimate of drug-likeness (QED) is 0.918. The molecule has 0 aliphatic heterocycles. The van der Waals surface area contributed by atoms with Crippen molar-refractivity contribution in [1.29, 1.82) is 0 Å². The summed E-state index contributed by atoms with van der Waals surface area (Å²) < 4.78 is 18.2. The van der Waals surface area contributed by atoms with Crippen molar-refractivity contribution in [3.8, 4) is 5.75 Å². The van der Waals surface area contributed by atoms with Gasteiger partial charge in [0.15, 0.2) is 0 Å². The van der Waals surface area contributed by atoms with Gasteiger partial charge >= 0.3 is 0 Å². The number of H-pyrrole nitrogens is 1. The van der Waals surface area contributed by atoms with Gasteiger partial charge in [-0.2, -0.15) is 5.10 Å². The average Bonchev–Trinajstić information content (AvgIpc) is 2.44. The minimum Gasteiger partial charge on any atom is -0.492 e. The van der Waals surface area contributed by atoms with Crippen LogP contribution in [0.25, 0.3) is 0 Å². The normalized spacial score (nSPS) is 10.3. The highest BCUT2D eigenvalue weighted by atomic mass is 35.5. The molecule has 0 saturated heterocycles. The Morgan fingerprint density at radius 2 is 2.10 bits per heavy atom. The van der Waals surface area contributed by atoms with Crippen LogP contribution in [0.1, 0.15) is 0 Å². The Morgan fingerprint density at radius 1 is 1.40 bits per heavy atom. The lowest BCUT2D eigenvalue weighted by molar-refractivity contribution is 0.325. The third-order valence-electron chi connectivity index (χ3n) is 2.70. The third kappa shape index (κ3) is 3.48. The summed E-state index contributed by atoms with van der Waals surface area (Å²) in [6.07, 6.45) is 1.47. The van der Waals surface area contributed by atoms with Gasteiger partial charge in [0.25, 0.3) is 5.56 Å². The van der Waals surface area contributed by atoms with Gasteiger partial charge in [0.05, 0.1) is 18.4 Å². The van der Waals surface area contributed by atoms with Gasteiger partial charge in [-0.1, -0.05) is 11.6 Å². The lowest BCUT2D eigenvalue weighted by atomic mass is 10.3. The van der Waals surface area contributed by atoms with Crippen molar-refractivity contribution < 1.29 is 9.13 Å². The van der Waals surface area contributed by atoms with E-state index in [-0.39, 0.29) is 10.8 Å². The van der Waals surface area contributed by atoms with Crippen LogP contribution < -0.4 is 15.2 Å². The van der Waals surface area contributed by atoms with Crippen molar-refractivity contribution in [2.24, 2.45) is 0 Å². The first-order valence-electron chi connectivity index (χ1n) is 5.90. The molecule has 7 heteroatoms. The number of anilines is 1. The zero-order valence-electron chi connectivity index (χ0n) is 10.8. The van der Waals surface area contributed by atoms with E-state index in [1.54, 1.807) is 24.1 Å². The van der Waals surface area contributed by atoms with Crippen molar-refractivity contribution >= 4 is 17.3 Å². The number of benzene rings is 1. The Morgan fingerprint density at radius 3 is 2.80 bits per heavy atom. The van der Waals surface area contributed by atoms with Crippen molar-refractivity contribution in [3.63, 3.8) is 0 Å². The fourth-order valence-electron chi connectivity index (χ4n) is 1.59. The summed E-state index contributed by atoms with van der Waals surface area (Å²) in [4.78, 5) is 13.1. The van der Waals surface area contributed by atoms with Crippen molar-refractivity contribution in [2.45, 2.75) is 0 Å². The van der Waals surface area contributed by atoms with Crippen LogP contribution in [0.5, 0.6) is 5.75 Å². The van der Waals surface area contributed by atoms with E-state index in [0.29, 0.717) is 24.6 Å². The summed E-state index contributed by atoms with van der Waals surface area (Å²) in [5.41, 5.74) is 0.0913. The predicted octanol–water partition coefficient (Wildman–Crippen LogP) is 2.08. The lowest BCUT2D eigenvalue weighted by Crippen LogP contribution is -2.26. The predicted molar refractivity (Wildman–Crippen MR) is 75.0 cm³/mol. The maximum Gasteiger partial charge on any atom is 0.285 e. The molecular weight excluding hydrogens is 285 g/mol. The van der Waals surface area contributed by atoms with E-state index in [4.69, 9.17) is 16.3 Å². The number of rotatable bonds is 5. The number of hydrogen-bond acceptors (Lipinski definition) is 4. The summed E-state index contributed by atoms with van der Waals surface area (Å²) in [5.74, 6) is 0.269. The first kappa shape index (κ1) is 14.3. The molecule has 0 atom stereocenters. The number of aromatic amines is 1. The van der Waals surface area contributed by atoms with E-state index in [1.807, 2.05) is 0 Å². The third-order valence-corrected chi connectivity index (χ3v) is 3.06. The van der Waals surface area contributed by atoms with Crippen LogP contribution in [0, 0.1) is 5.82 Å². The second-order valence-electron chi connectivity index (χ2n) is 4.12. The second kappa shape index (κ2) is 6.38. The molecule has 106 valence electrons. The van der Waals surface area contributed by atoms with Gasteiger partial charge < -0.3 is 9.64 Å². The molecule has 0 aliphatic rings. The zero-order chi connectivity index (χ0) is 14.5. The molecule has 0 unspecified atom stereocenters. The molecule has 5 nitrogen and oxygen atoms in total. The second-order valence-corrected chi connectivity index (χ2v) is 4.50. The number of likely N-dealkylation sites (N-methyl/N-ethyl adjacent to an activating group) is 1. The molecule has 0 radical (unpaired) electrons. The van der Waals surface area contributed by atoms with Crippen LogP contribution in [-0.2, 0) is 0 Å². The van der Waals surface area contributed by atoms with E-state index >= 15 is 0 Å². The molecule has 20 heavy (non-hydrogen) atoms. The highest BCUT2D eigenvalue weighted by molar-refractivity contribution is 6.32. The minimum absolute atomic E-state index is 0.0873. The summed E-state index contributed by atoms with van der Waals surface area (Å²) in [6.45, 7) is 0.869. The molecule has 2 rings (SSSR count). The lowest BCUT2D eigenvalue weighted by Gasteiger charge is -2.19. The molecule has 0 spiro atoms. The molecule has 0 saturated carbocycles. The Balaban J connectivity index is 1.92. The number of hydrogen-bond donors (Lipinski definition) is 1. The minimum atomic E-state index is -0.435. The van der Waals surface area contributed by atoms with Gasteiger partial charge in [-0.25, -0.2) is 9.49 Å². The van der Waals surface area contributed by atoms with E-state index < -0.39 is 5.56 Å². The van der Waals surface area contributed by atoms with Crippen molar-refractivity contribution in [1.82, 2.24) is 10.2 Å². The summed E-state index contributed by atoms with van der Waals surface area (Å²) in [7, 11) is 1.77. The van der Waals surface area contributed by atoms with Crippen LogP contribution in [0.15, 0.2) is 35.3 Å². The maximum atomic E-state index is 12.7. The van der Waals surface area contributed by atoms with Gasteiger partial charge in [-0.15, -0.1) is 0 Å². The Hall–Kier alpha value is -2.08. The largest absolute Gasteiger partial charge is 0.492 e. The van der Waals surface area contributed by atoms with E-state index in [0.717, 1.165) is 0 Å². The Bertz CT molecular complexity index is 630. The molecule has 1 heterocycles. The Labute approximate surface area is 119 Å². The summed E-state index contributed by atoms with van der Waals surface area (Å²) in [6, 6.07) is 5.77. The van der Waals surface area contributed by atoms with Gasteiger partial charge in [-0.05, 0) is 24.3 Å². The van der Waals surface area contributed by atoms with Crippen LogP contribution >= 0.6 is 11.6 Å². The smallest absolute Gasteiger partial charge is 0.285 e. The van der Waals surface area contributed by atoms with Gasteiger partial charge in [0, 0.05) is 7.05 Å². The molecule has 1 N–H and O–H groups in total. The Kier molecular flexibility index (Phi) is 4.57. The summed E-state index contributed by atoms with van der Waals surface area (Å²) in [5, 5.41) is 6.03.